The lowest BCUT2D eigenvalue weighted by Gasteiger charge is -2.28. The van der Waals surface area contributed by atoms with Gasteiger partial charge < -0.3 is 24.4 Å². The number of sulfone groups is 1. The SMILES string of the molecule is CC(C)(C)OC(=O)N1CCCO[C@H](C(=O)NC(C#N)Cc2cc3c(cc2F)-c2cc(S(C)(=O)=O)ccc2CO3)C1. The summed E-state index contributed by atoms with van der Waals surface area (Å²) in [7, 11) is -3.47. The van der Waals surface area contributed by atoms with Crippen LogP contribution < -0.4 is 10.1 Å². The molecule has 2 aliphatic heterocycles. The maximum absolute atomic E-state index is 15.2. The van der Waals surface area contributed by atoms with E-state index in [2.05, 4.69) is 5.32 Å². The molecule has 2 heterocycles. The van der Waals surface area contributed by atoms with Gasteiger partial charge in [0.05, 0.1) is 17.5 Å². The zero-order valence-electron chi connectivity index (χ0n) is 22.8. The molecule has 0 aromatic heterocycles. The van der Waals surface area contributed by atoms with Gasteiger partial charge in [-0.3, -0.25) is 4.79 Å². The van der Waals surface area contributed by atoms with Crippen LogP contribution in [-0.2, 0) is 37.1 Å². The predicted octanol–water partition coefficient (Wildman–Crippen LogP) is 3.37. The monoisotopic (exact) mass is 573 g/mol. The minimum atomic E-state index is -3.47. The number of nitriles is 1. The number of nitrogens with one attached hydrogen (secondary N) is 1. The van der Waals surface area contributed by atoms with E-state index in [-0.39, 0.29) is 36.6 Å². The number of amides is 2. The molecule has 2 aliphatic rings. The molecule has 12 heteroatoms. The lowest BCUT2D eigenvalue weighted by atomic mass is 9.94. The Hall–Kier alpha value is -3.69. The van der Waals surface area contributed by atoms with Gasteiger partial charge in [0.15, 0.2) is 15.9 Å². The topological polar surface area (TPSA) is 135 Å². The van der Waals surface area contributed by atoms with Gasteiger partial charge in [-0.05, 0) is 68.1 Å². The molecule has 4 rings (SSSR count). The minimum absolute atomic E-state index is 0.0468. The van der Waals surface area contributed by atoms with E-state index >= 15 is 4.39 Å². The van der Waals surface area contributed by atoms with Crippen molar-refractivity contribution in [3.05, 3.63) is 47.3 Å². The summed E-state index contributed by atoms with van der Waals surface area (Å²) < 4.78 is 56.1. The average Bonchev–Trinajstić information content (AvgIpc) is 3.13. The first-order chi connectivity index (χ1) is 18.7. The van der Waals surface area contributed by atoms with E-state index < -0.39 is 45.4 Å². The normalized spacial score (nSPS) is 17.8. The molecule has 0 bridgehead atoms. The smallest absolute Gasteiger partial charge is 0.410 e. The van der Waals surface area contributed by atoms with E-state index in [4.69, 9.17) is 14.2 Å². The van der Waals surface area contributed by atoms with Crippen molar-refractivity contribution in [3.8, 4) is 22.9 Å². The summed E-state index contributed by atoms with van der Waals surface area (Å²) >= 11 is 0. The highest BCUT2D eigenvalue weighted by Gasteiger charge is 2.32. The van der Waals surface area contributed by atoms with Gasteiger partial charge in [-0.25, -0.2) is 17.6 Å². The van der Waals surface area contributed by atoms with Crippen LogP contribution in [0.25, 0.3) is 11.1 Å². The summed E-state index contributed by atoms with van der Waals surface area (Å²) in [5, 5.41) is 12.3. The Balaban J connectivity index is 1.49. The highest BCUT2D eigenvalue weighted by Crippen LogP contribution is 2.40. The zero-order valence-corrected chi connectivity index (χ0v) is 23.6. The van der Waals surface area contributed by atoms with Gasteiger partial charge in [0, 0.05) is 31.4 Å². The van der Waals surface area contributed by atoms with Gasteiger partial charge in [0.25, 0.3) is 5.91 Å². The molecule has 1 saturated heterocycles. The molecule has 40 heavy (non-hydrogen) atoms. The van der Waals surface area contributed by atoms with E-state index in [1.54, 1.807) is 26.8 Å². The third-order valence-corrected chi connectivity index (χ3v) is 7.56. The van der Waals surface area contributed by atoms with Crippen LogP contribution in [0.15, 0.2) is 35.2 Å². The molecule has 1 fully saturated rings. The molecule has 1 unspecified atom stereocenters. The molecule has 10 nitrogen and oxygen atoms in total. The number of carbonyl (C=O) groups excluding carboxylic acids is 2. The van der Waals surface area contributed by atoms with Crippen LogP contribution in [0.2, 0.25) is 0 Å². The number of benzene rings is 2. The second kappa shape index (κ2) is 11.4. The molecule has 0 aliphatic carbocycles. The lowest BCUT2D eigenvalue weighted by Crippen LogP contribution is -2.48. The van der Waals surface area contributed by atoms with Crippen LogP contribution in [-0.4, -0.2) is 69.0 Å². The number of halogens is 1. The number of rotatable bonds is 5. The van der Waals surface area contributed by atoms with Crippen molar-refractivity contribution < 1.29 is 36.6 Å². The summed E-state index contributed by atoms with van der Waals surface area (Å²) in [6, 6.07) is 8.22. The Kier molecular flexibility index (Phi) is 8.37. The second-order valence-corrected chi connectivity index (χ2v) is 12.9. The van der Waals surface area contributed by atoms with Crippen molar-refractivity contribution in [2.75, 3.05) is 26.0 Å². The van der Waals surface area contributed by atoms with Crippen molar-refractivity contribution in [1.82, 2.24) is 10.2 Å². The van der Waals surface area contributed by atoms with E-state index in [1.807, 2.05) is 6.07 Å². The van der Waals surface area contributed by atoms with E-state index in [9.17, 15) is 23.3 Å². The maximum atomic E-state index is 15.2. The number of hydrogen-bond donors (Lipinski definition) is 1. The first-order valence-corrected chi connectivity index (χ1v) is 14.7. The molecule has 2 aromatic carbocycles. The van der Waals surface area contributed by atoms with Gasteiger partial charge in [-0.2, -0.15) is 5.26 Å². The molecule has 2 aromatic rings. The molecule has 1 N–H and O–H groups in total. The second-order valence-electron chi connectivity index (χ2n) is 10.9. The Morgan fingerprint density at radius 1 is 1.25 bits per heavy atom. The highest BCUT2D eigenvalue weighted by atomic mass is 32.2. The number of fused-ring (bicyclic) bond motifs is 3. The van der Waals surface area contributed by atoms with Crippen molar-refractivity contribution >= 4 is 21.8 Å². The van der Waals surface area contributed by atoms with Crippen molar-refractivity contribution in [1.29, 1.82) is 5.26 Å². The third kappa shape index (κ3) is 6.89. The van der Waals surface area contributed by atoms with E-state index in [0.29, 0.717) is 29.8 Å². The highest BCUT2D eigenvalue weighted by molar-refractivity contribution is 7.90. The largest absolute Gasteiger partial charge is 0.488 e. The minimum Gasteiger partial charge on any atom is -0.488 e. The molecule has 2 atom stereocenters. The van der Waals surface area contributed by atoms with E-state index in [1.165, 1.54) is 29.2 Å². The maximum Gasteiger partial charge on any atom is 0.410 e. The Bertz CT molecular complexity index is 1460. The molecule has 2 amide bonds. The fourth-order valence-corrected chi connectivity index (χ4v) is 5.14. The van der Waals surface area contributed by atoms with E-state index in [0.717, 1.165) is 11.8 Å². The average molecular weight is 574 g/mol. The molecular formula is C28H32FN3O7S. The first-order valence-electron chi connectivity index (χ1n) is 12.8. The fourth-order valence-electron chi connectivity index (χ4n) is 4.49. The van der Waals surface area contributed by atoms with Gasteiger partial charge in [-0.1, -0.05) is 6.07 Å². The molecule has 214 valence electrons. The molecule has 0 spiro atoms. The van der Waals surface area contributed by atoms with Crippen LogP contribution >= 0.6 is 0 Å². The van der Waals surface area contributed by atoms with Gasteiger partial charge in [-0.15, -0.1) is 0 Å². The standard InChI is InChI=1S/C28H32FN3O7S/c1-28(2,3)39-27(34)32-8-5-9-37-25(15-32)26(33)31-19(14-30)10-18-11-24-22(13-23(18)29)21-12-20(40(4,35)36)7-6-17(21)16-38-24/h6-7,11-13,19,25H,5,8-10,15-16H2,1-4H3,(H,31,33)/t19?,25-/m0/s1. The lowest BCUT2D eigenvalue weighted by molar-refractivity contribution is -0.133. The third-order valence-electron chi connectivity index (χ3n) is 6.45. The number of carbonyl (C=O) groups is 2. The number of ether oxygens (including phenoxy) is 3. The van der Waals surface area contributed by atoms with Crippen molar-refractivity contribution in [2.45, 2.75) is 62.9 Å². The predicted molar refractivity (Wildman–Crippen MR) is 143 cm³/mol. The summed E-state index contributed by atoms with van der Waals surface area (Å²) in [4.78, 5) is 27.0. The first kappa shape index (κ1) is 29.3. The molecule has 0 saturated carbocycles. The van der Waals surface area contributed by atoms with Crippen molar-refractivity contribution in [3.63, 3.8) is 0 Å². The van der Waals surface area contributed by atoms with Gasteiger partial charge in [0.1, 0.15) is 29.8 Å². The van der Waals surface area contributed by atoms with Crippen molar-refractivity contribution in [2.24, 2.45) is 0 Å². The molecular weight excluding hydrogens is 541 g/mol. The van der Waals surface area contributed by atoms with Crippen LogP contribution in [0.1, 0.15) is 38.3 Å². The number of nitrogens with zero attached hydrogens (tertiary/aromatic N) is 2. The summed E-state index contributed by atoms with van der Waals surface area (Å²) in [6.07, 6.45) is -0.120. The fraction of sp³-hybridized carbons (Fsp3) is 0.464. The summed E-state index contributed by atoms with van der Waals surface area (Å²) in [6.45, 7) is 5.97. The van der Waals surface area contributed by atoms with Gasteiger partial charge >= 0.3 is 6.09 Å². The Labute approximate surface area is 232 Å². The Morgan fingerprint density at radius 2 is 2.00 bits per heavy atom. The van der Waals surface area contributed by atoms with Gasteiger partial charge in [0.2, 0.25) is 0 Å². The van der Waals surface area contributed by atoms with Crippen LogP contribution in [0.5, 0.6) is 5.75 Å². The zero-order chi connectivity index (χ0) is 29.2. The van der Waals surface area contributed by atoms with Crippen LogP contribution in [0.4, 0.5) is 9.18 Å². The summed E-state index contributed by atoms with van der Waals surface area (Å²) in [5.74, 6) is -0.882. The van der Waals surface area contributed by atoms with Crippen LogP contribution in [0.3, 0.4) is 0 Å². The summed E-state index contributed by atoms with van der Waals surface area (Å²) in [5.41, 5.74) is 1.12. The Morgan fingerprint density at radius 3 is 2.67 bits per heavy atom. The quantitative estimate of drug-likeness (QED) is 0.575. The molecule has 0 radical (unpaired) electrons. The van der Waals surface area contributed by atoms with Crippen LogP contribution in [0, 0.1) is 17.1 Å². The number of hydrogen-bond acceptors (Lipinski definition) is 8.